The zero-order chi connectivity index (χ0) is 11.3. The third-order valence-corrected chi connectivity index (χ3v) is 2.10. The van der Waals surface area contributed by atoms with Gasteiger partial charge in [-0.1, -0.05) is 6.92 Å². The van der Waals surface area contributed by atoms with Crippen molar-refractivity contribution in [3.8, 4) is 0 Å². The topological polar surface area (TPSA) is 77.5 Å². The van der Waals surface area contributed by atoms with Crippen LogP contribution in [0.3, 0.4) is 0 Å². The molecule has 1 amide bonds. The summed E-state index contributed by atoms with van der Waals surface area (Å²) >= 11 is 0. The van der Waals surface area contributed by atoms with Gasteiger partial charge in [0.05, 0.1) is 6.10 Å². The number of amides is 1. The number of nitrogen functional groups attached to an aromatic ring is 1. The van der Waals surface area contributed by atoms with Crippen molar-refractivity contribution in [3.05, 3.63) is 23.7 Å². The molecule has 84 valence electrons. The van der Waals surface area contributed by atoms with Crippen LogP contribution in [0, 0.1) is 0 Å². The van der Waals surface area contributed by atoms with Crippen LogP contribution in [-0.2, 0) is 11.3 Å². The third-order valence-electron chi connectivity index (χ3n) is 2.10. The molecule has 0 saturated heterocycles. The fraction of sp³-hybridized carbons (Fsp3) is 0.500. The first kappa shape index (κ1) is 11.7. The SMILES string of the molecule is CCC(C)OCc1ccc(C(=O)NN)o1. The van der Waals surface area contributed by atoms with Gasteiger partial charge >= 0.3 is 5.91 Å². The molecule has 1 aromatic heterocycles. The van der Waals surface area contributed by atoms with Crippen LogP contribution >= 0.6 is 0 Å². The zero-order valence-corrected chi connectivity index (χ0v) is 8.95. The molecule has 1 heterocycles. The molecule has 1 rings (SSSR count). The highest BCUT2D eigenvalue weighted by molar-refractivity contribution is 5.90. The number of carbonyl (C=O) groups excluding carboxylic acids is 1. The van der Waals surface area contributed by atoms with Gasteiger partial charge in [-0.05, 0) is 25.5 Å². The highest BCUT2D eigenvalue weighted by Crippen LogP contribution is 2.10. The number of nitrogens with two attached hydrogens (primary N) is 1. The summed E-state index contributed by atoms with van der Waals surface area (Å²) in [5, 5.41) is 0. The molecule has 0 aliphatic rings. The number of rotatable bonds is 5. The van der Waals surface area contributed by atoms with Crippen molar-refractivity contribution in [1.29, 1.82) is 0 Å². The van der Waals surface area contributed by atoms with E-state index in [1.165, 1.54) is 0 Å². The van der Waals surface area contributed by atoms with E-state index < -0.39 is 5.91 Å². The second kappa shape index (κ2) is 5.53. The lowest BCUT2D eigenvalue weighted by atomic mass is 10.3. The van der Waals surface area contributed by atoms with Crippen molar-refractivity contribution in [3.63, 3.8) is 0 Å². The first-order valence-corrected chi connectivity index (χ1v) is 4.88. The molecular weight excluding hydrogens is 196 g/mol. The van der Waals surface area contributed by atoms with Gasteiger partial charge < -0.3 is 9.15 Å². The molecule has 0 spiro atoms. The predicted molar refractivity (Wildman–Crippen MR) is 54.9 cm³/mol. The predicted octanol–water partition coefficient (Wildman–Crippen LogP) is 1.20. The normalized spacial score (nSPS) is 12.5. The van der Waals surface area contributed by atoms with Crippen LogP contribution in [0.1, 0.15) is 36.6 Å². The second-order valence-corrected chi connectivity index (χ2v) is 3.27. The van der Waals surface area contributed by atoms with Crippen molar-refractivity contribution >= 4 is 5.91 Å². The second-order valence-electron chi connectivity index (χ2n) is 3.27. The van der Waals surface area contributed by atoms with Crippen LogP contribution in [0.2, 0.25) is 0 Å². The van der Waals surface area contributed by atoms with E-state index in [9.17, 15) is 4.79 Å². The minimum absolute atomic E-state index is 0.182. The molecule has 15 heavy (non-hydrogen) atoms. The fourth-order valence-electron chi connectivity index (χ4n) is 0.991. The van der Waals surface area contributed by atoms with E-state index >= 15 is 0 Å². The van der Waals surface area contributed by atoms with E-state index in [1.807, 2.05) is 19.3 Å². The minimum Gasteiger partial charge on any atom is -0.453 e. The van der Waals surface area contributed by atoms with Gasteiger partial charge in [-0.2, -0.15) is 0 Å². The average Bonchev–Trinajstić information content (AvgIpc) is 2.73. The first-order chi connectivity index (χ1) is 7.17. The van der Waals surface area contributed by atoms with E-state index in [0.29, 0.717) is 12.4 Å². The Morgan fingerprint density at radius 1 is 1.67 bits per heavy atom. The Morgan fingerprint density at radius 3 is 3.00 bits per heavy atom. The quantitative estimate of drug-likeness (QED) is 0.436. The van der Waals surface area contributed by atoms with Gasteiger partial charge in [-0.3, -0.25) is 10.2 Å². The van der Waals surface area contributed by atoms with E-state index in [2.05, 4.69) is 0 Å². The lowest BCUT2D eigenvalue weighted by Gasteiger charge is -2.08. The number of hydrogen-bond donors (Lipinski definition) is 2. The largest absolute Gasteiger partial charge is 0.453 e. The molecule has 0 aromatic carbocycles. The van der Waals surface area contributed by atoms with Gasteiger partial charge in [-0.25, -0.2) is 5.84 Å². The Hall–Kier alpha value is -1.33. The maximum absolute atomic E-state index is 11.1. The van der Waals surface area contributed by atoms with E-state index in [-0.39, 0.29) is 11.9 Å². The van der Waals surface area contributed by atoms with Gasteiger partial charge in [0.15, 0.2) is 5.76 Å². The maximum Gasteiger partial charge on any atom is 0.300 e. The molecular formula is C10H16N2O3. The number of nitrogens with one attached hydrogen (secondary N) is 1. The van der Waals surface area contributed by atoms with E-state index in [1.54, 1.807) is 12.1 Å². The third kappa shape index (κ3) is 3.38. The Kier molecular flexibility index (Phi) is 4.33. The van der Waals surface area contributed by atoms with Crippen LogP contribution in [0.4, 0.5) is 0 Å². The van der Waals surface area contributed by atoms with Gasteiger partial charge in [0.2, 0.25) is 0 Å². The van der Waals surface area contributed by atoms with Gasteiger partial charge in [0.1, 0.15) is 12.4 Å². The Bertz CT molecular complexity index is 322. The molecule has 0 radical (unpaired) electrons. The zero-order valence-electron chi connectivity index (χ0n) is 8.95. The standard InChI is InChI=1S/C10H16N2O3/c1-3-7(2)14-6-8-4-5-9(15-8)10(13)12-11/h4-5,7H,3,6,11H2,1-2H3,(H,12,13). The summed E-state index contributed by atoms with van der Waals surface area (Å²) in [6.45, 7) is 4.39. The number of carbonyl (C=O) groups is 1. The molecule has 0 bridgehead atoms. The van der Waals surface area contributed by atoms with Crippen molar-refractivity contribution < 1.29 is 13.9 Å². The van der Waals surface area contributed by atoms with Crippen LogP contribution < -0.4 is 11.3 Å². The summed E-state index contributed by atoms with van der Waals surface area (Å²) in [6.07, 6.45) is 1.12. The smallest absolute Gasteiger partial charge is 0.300 e. The van der Waals surface area contributed by atoms with E-state index in [0.717, 1.165) is 6.42 Å². The van der Waals surface area contributed by atoms with Crippen LogP contribution in [0.25, 0.3) is 0 Å². The van der Waals surface area contributed by atoms with Crippen LogP contribution in [0.5, 0.6) is 0 Å². The lowest BCUT2D eigenvalue weighted by molar-refractivity contribution is 0.0400. The first-order valence-electron chi connectivity index (χ1n) is 4.88. The van der Waals surface area contributed by atoms with Gasteiger partial charge in [-0.15, -0.1) is 0 Å². The van der Waals surface area contributed by atoms with Crippen LogP contribution in [-0.4, -0.2) is 12.0 Å². The van der Waals surface area contributed by atoms with Crippen molar-refractivity contribution in [1.82, 2.24) is 5.43 Å². The summed E-state index contributed by atoms with van der Waals surface area (Å²) in [6, 6.07) is 3.27. The van der Waals surface area contributed by atoms with Gasteiger partial charge in [0.25, 0.3) is 0 Å². The van der Waals surface area contributed by atoms with Crippen LogP contribution in [0.15, 0.2) is 16.5 Å². The number of ether oxygens (including phenoxy) is 1. The molecule has 5 heteroatoms. The number of hydrazine groups is 1. The highest BCUT2D eigenvalue weighted by atomic mass is 16.5. The Labute approximate surface area is 88.6 Å². The van der Waals surface area contributed by atoms with Gasteiger partial charge in [0, 0.05) is 0 Å². The van der Waals surface area contributed by atoms with Crippen molar-refractivity contribution in [2.24, 2.45) is 5.84 Å². The maximum atomic E-state index is 11.1. The molecule has 0 fully saturated rings. The molecule has 1 aromatic rings. The molecule has 1 atom stereocenters. The molecule has 3 N–H and O–H groups in total. The molecule has 1 unspecified atom stereocenters. The molecule has 5 nitrogen and oxygen atoms in total. The monoisotopic (exact) mass is 212 g/mol. The Morgan fingerprint density at radius 2 is 2.40 bits per heavy atom. The fourth-order valence-corrected chi connectivity index (χ4v) is 0.991. The minimum atomic E-state index is -0.440. The Balaban J connectivity index is 2.49. The molecule has 0 aliphatic carbocycles. The van der Waals surface area contributed by atoms with E-state index in [4.69, 9.17) is 15.0 Å². The highest BCUT2D eigenvalue weighted by Gasteiger charge is 2.09. The number of furan rings is 1. The average molecular weight is 212 g/mol. The molecule has 0 aliphatic heterocycles. The summed E-state index contributed by atoms with van der Waals surface area (Å²) in [5.41, 5.74) is 2.00. The van der Waals surface area contributed by atoms with Crippen molar-refractivity contribution in [2.75, 3.05) is 0 Å². The summed E-state index contributed by atoms with van der Waals surface area (Å²) in [5.74, 6) is 5.34. The lowest BCUT2D eigenvalue weighted by Crippen LogP contribution is -2.29. The summed E-state index contributed by atoms with van der Waals surface area (Å²) < 4.78 is 10.7. The van der Waals surface area contributed by atoms with Crippen molar-refractivity contribution in [2.45, 2.75) is 33.0 Å². The molecule has 0 saturated carbocycles. The summed E-state index contributed by atoms with van der Waals surface area (Å²) in [4.78, 5) is 11.1. The summed E-state index contributed by atoms with van der Waals surface area (Å²) in [7, 11) is 0. The number of hydrogen-bond acceptors (Lipinski definition) is 4.